The Morgan fingerprint density at radius 1 is 1.07 bits per heavy atom. The summed E-state index contributed by atoms with van der Waals surface area (Å²) in [6.07, 6.45) is 9.26. The van der Waals surface area contributed by atoms with Crippen molar-refractivity contribution in [3.63, 3.8) is 0 Å². The number of carbonyl (C=O) groups excluding carboxylic acids is 1. The average Bonchev–Trinajstić information content (AvgIpc) is 2.65. The van der Waals surface area contributed by atoms with E-state index in [2.05, 4.69) is 6.07 Å². The monoisotopic (exact) mass is 387 g/mol. The van der Waals surface area contributed by atoms with Crippen LogP contribution in [0.4, 0.5) is 4.79 Å². The Kier molecular flexibility index (Phi) is 15.7. The van der Waals surface area contributed by atoms with E-state index in [0.717, 1.165) is 11.3 Å². The third-order valence-electron chi connectivity index (χ3n) is 3.15. The van der Waals surface area contributed by atoms with Crippen LogP contribution in [0.1, 0.15) is 73.4 Å². The zero-order valence-corrected chi connectivity index (χ0v) is 19.7. The lowest BCUT2D eigenvalue weighted by atomic mass is 10.1. The van der Waals surface area contributed by atoms with Crippen LogP contribution in [0.25, 0.3) is 0 Å². The summed E-state index contributed by atoms with van der Waals surface area (Å²) in [4.78, 5) is 14.4. The van der Waals surface area contributed by atoms with Crippen LogP contribution in [0.5, 0.6) is 0 Å². The SMILES string of the molecule is CC.CC.C\C=C/C=C(\C=C/C)N(Cc1cccc(C)c1)C(=O)OC(C)(C)C. The quantitative estimate of drug-likeness (QED) is 0.482. The molecule has 0 aliphatic heterocycles. The summed E-state index contributed by atoms with van der Waals surface area (Å²) >= 11 is 0. The molecule has 1 aromatic rings. The molecular weight excluding hydrogens is 346 g/mol. The summed E-state index contributed by atoms with van der Waals surface area (Å²) in [6.45, 7) is 20.0. The van der Waals surface area contributed by atoms with Gasteiger partial charge in [-0.25, -0.2) is 4.79 Å². The second-order valence-electron chi connectivity index (χ2n) is 6.67. The Morgan fingerprint density at radius 2 is 1.68 bits per heavy atom. The maximum atomic E-state index is 12.7. The van der Waals surface area contributed by atoms with E-state index in [1.807, 2.05) is 118 Å². The molecule has 1 aromatic carbocycles. The lowest BCUT2D eigenvalue weighted by Gasteiger charge is -2.28. The van der Waals surface area contributed by atoms with E-state index in [4.69, 9.17) is 4.74 Å². The van der Waals surface area contributed by atoms with Crippen LogP contribution in [-0.4, -0.2) is 16.6 Å². The molecule has 0 saturated heterocycles. The number of allylic oxidation sites excluding steroid dienone is 5. The number of rotatable bonds is 5. The highest BCUT2D eigenvalue weighted by Crippen LogP contribution is 2.19. The van der Waals surface area contributed by atoms with Gasteiger partial charge in [0.15, 0.2) is 0 Å². The van der Waals surface area contributed by atoms with Crippen molar-refractivity contribution in [1.29, 1.82) is 0 Å². The summed E-state index contributed by atoms with van der Waals surface area (Å²) in [6, 6.07) is 8.15. The number of ether oxygens (including phenoxy) is 1. The van der Waals surface area contributed by atoms with Crippen molar-refractivity contribution in [1.82, 2.24) is 4.90 Å². The number of benzene rings is 1. The predicted molar refractivity (Wildman–Crippen MR) is 123 cm³/mol. The first-order valence-electron chi connectivity index (χ1n) is 10.3. The second kappa shape index (κ2) is 15.7. The molecule has 3 heteroatoms. The summed E-state index contributed by atoms with van der Waals surface area (Å²) in [5.74, 6) is 0. The average molecular weight is 388 g/mol. The van der Waals surface area contributed by atoms with Crippen molar-refractivity contribution in [2.75, 3.05) is 0 Å². The predicted octanol–water partition coefficient (Wildman–Crippen LogP) is 7.82. The zero-order valence-electron chi connectivity index (χ0n) is 19.7. The minimum Gasteiger partial charge on any atom is -0.443 e. The summed E-state index contributed by atoms with van der Waals surface area (Å²) in [7, 11) is 0. The molecule has 158 valence electrons. The zero-order chi connectivity index (χ0) is 22.2. The van der Waals surface area contributed by atoms with Crippen LogP contribution < -0.4 is 0 Å². The van der Waals surface area contributed by atoms with Crippen molar-refractivity contribution >= 4 is 6.09 Å². The van der Waals surface area contributed by atoms with Crippen LogP contribution in [0.3, 0.4) is 0 Å². The van der Waals surface area contributed by atoms with Gasteiger partial charge >= 0.3 is 6.09 Å². The Morgan fingerprint density at radius 3 is 2.14 bits per heavy atom. The molecule has 0 aromatic heterocycles. The van der Waals surface area contributed by atoms with Crippen LogP contribution in [0.2, 0.25) is 0 Å². The first kappa shape index (κ1) is 27.9. The molecule has 0 bridgehead atoms. The second-order valence-corrected chi connectivity index (χ2v) is 6.67. The van der Waals surface area contributed by atoms with Crippen molar-refractivity contribution < 1.29 is 9.53 Å². The van der Waals surface area contributed by atoms with E-state index < -0.39 is 5.60 Å². The number of carbonyl (C=O) groups is 1. The van der Waals surface area contributed by atoms with E-state index in [9.17, 15) is 4.79 Å². The molecule has 0 aliphatic carbocycles. The van der Waals surface area contributed by atoms with Gasteiger partial charge in [-0.3, -0.25) is 4.90 Å². The number of aryl methyl sites for hydroxylation is 1. The Bertz CT molecular complexity index is 634. The molecule has 0 unspecified atom stereocenters. The fraction of sp³-hybridized carbons (Fsp3) is 0.480. The van der Waals surface area contributed by atoms with E-state index >= 15 is 0 Å². The van der Waals surface area contributed by atoms with E-state index in [1.54, 1.807) is 4.90 Å². The molecule has 0 heterocycles. The first-order valence-corrected chi connectivity index (χ1v) is 10.3. The Balaban J connectivity index is 0. The third kappa shape index (κ3) is 12.2. The van der Waals surface area contributed by atoms with E-state index in [0.29, 0.717) is 6.54 Å². The highest BCUT2D eigenvalue weighted by atomic mass is 16.6. The molecule has 1 amide bonds. The van der Waals surface area contributed by atoms with E-state index in [-0.39, 0.29) is 6.09 Å². The van der Waals surface area contributed by atoms with Gasteiger partial charge in [-0.1, -0.05) is 75.8 Å². The molecule has 0 spiro atoms. The Hall–Kier alpha value is -2.29. The Labute approximate surface area is 173 Å². The fourth-order valence-electron chi connectivity index (χ4n) is 2.17. The molecule has 0 aliphatic rings. The third-order valence-corrected chi connectivity index (χ3v) is 3.15. The molecular formula is C25H41NO2. The van der Waals surface area contributed by atoms with Crippen molar-refractivity contribution in [3.8, 4) is 0 Å². The molecule has 0 radical (unpaired) electrons. The lowest BCUT2D eigenvalue weighted by Crippen LogP contribution is -2.35. The standard InChI is InChI=1S/C21H29NO2.2C2H6/c1-7-9-14-19(11-8-2)22(20(23)24-21(4,5)6)16-18-13-10-12-17(3)15-18;2*1-2/h7-15H,16H2,1-6H3;2*1-2H3/b9-7-,11-8-,19-14+;;. The number of hydrogen-bond donors (Lipinski definition) is 0. The smallest absolute Gasteiger partial charge is 0.415 e. The summed E-state index contributed by atoms with van der Waals surface area (Å²) in [5, 5.41) is 0. The van der Waals surface area contributed by atoms with Crippen LogP contribution in [-0.2, 0) is 11.3 Å². The normalized spacial score (nSPS) is 11.4. The maximum Gasteiger partial charge on any atom is 0.415 e. The van der Waals surface area contributed by atoms with Gasteiger partial charge in [-0.2, -0.15) is 0 Å². The van der Waals surface area contributed by atoms with Gasteiger partial charge in [0.2, 0.25) is 0 Å². The van der Waals surface area contributed by atoms with E-state index in [1.165, 1.54) is 5.56 Å². The number of nitrogens with zero attached hydrogens (tertiary/aromatic N) is 1. The molecule has 28 heavy (non-hydrogen) atoms. The minimum absolute atomic E-state index is 0.349. The lowest BCUT2D eigenvalue weighted by molar-refractivity contribution is 0.0307. The summed E-state index contributed by atoms with van der Waals surface area (Å²) < 4.78 is 5.60. The van der Waals surface area contributed by atoms with Gasteiger partial charge in [0.25, 0.3) is 0 Å². The molecule has 0 saturated carbocycles. The van der Waals surface area contributed by atoms with Crippen molar-refractivity contribution in [3.05, 3.63) is 71.5 Å². The van der Waals surface area contributed by atoms with Crippen LogP contribution >= 0.6 is 0 Å². The number of hydrogen-bond acceptors (Lipinski definition) is 2. The molecule has 0 N–H and O–H groups in total. The first-order chi connectivity index (χ1) is 13.3. The molecule has 0 fully saturated rings. The van der Waals surface area contributed by atoms with Crippen LogP contribution in [0, 0.1) is 6.92 Å². The molecule has 1 rings (SSSR count). The van der Waals surface area contributed by atoms with Crippen molar-refractivity contribution in [2.24, 2.45) is 0 Å². The van der Waals surface area contributed by atoms with Gasteiger partial charge in [-0.05, 0) is 59.3 Å². The van der Waals surface area contributed by atoms with Gasteiger partial charge in [0.05, 0.1) is 6.54 Å². The van der Waals surface area contributed by atoms with Gasteiger partial charge < -0.3 is 4.74 Å². The highest BCUT2D eigenvalue weighted by molar-refractivity contribution is 5.71. The topological polar surface area (TPSA) is 29.5 Å². The van der Waals surface area contributed by atoms with Gasteiger partial charge in [0.1, 0.15) is 5.60 Å². The minimum atomic E-state index is -0.538. The fourth-order valence-corrected chi connectivity index (χ4v) is 2.17. The molecule has 3 nitrogen and oxygen atoms in total. The highest BCUT2D eigenvalue weighted by Gasteiger charge is 2.24. The molecule has 0 atom stereocenters. The van der Waals surface area contributed by atoms with Crippen molar-refractivity contribution in [2.45, 2.75) is 81.4 Å². The van der Waals surface area contributed by atoms with Gasteiger partial charge in [0, 0.05) is 5.70 Å². The number of amides is 1. The maximum absolute atomic E-state index is 12.7. The summed E-state index contributed by atoms with van der Waals surface area (Å²) in [5.41, 5.74) is 2.49. The van der Waals surface area contributed by atoms with Gasteiger partial charge in [-0.15, -0.1) is 0 Å². The van der Waals surface area contributed by atoms with Crippen LogP contribution in [0.15, 0.2) is 60.3 Å². The largest absolute Gasteiger partial charge is 0.443 e.